The van der Waals surface area contributed by atoms with Crippen molar-refractivity contribution in [2.24, 2.45) is 0 Å². The summed E-state index contributed by atoms with van der Waals surface area (Å²) >= 11 is 0. The molecule has 260 valence electrons. The highest BCUT2D eigenvalue weighted by molar-refractivity contribution is 5.80. The number of rotatable bonds is 15. The molecule has 1 aliphatic heterocycles. The summed E-state index contributed by atoms with van der Waals surface area (Å²) in [7, 11) is 0. The monoisotopic (exact) mass is 691 g/mol. The lowest BCUT2D eigenvalue weighted by atomic mass is 10.1. The highest BCUT2D eigenvalue weighted by atomic mass is 19.1. The van der Waals surface area contributed by atoms with Gasteiger partial charge in [-0.2, -0.15) is 0 Å². The van der Waals surface area contributed by atoms with Gasteiger partial charge in [0, 0.05) is 35.5 Å². The predicted molar refractivity (Wildman–Crippen MR) is 189 cm³/mol. The van der Waals surface area contributed by atoms with Crippen molar-refractivity contribution in [3.05, 3.63) is 141 Å². The number of ether oxygens (including phenoxy) is 4. The lowest BCUT2D eigenvalue weighted by Crippen LogP contribution is -2.38. The molecule has 3 heterocycles. The zero-order valence-electron chi connectivity index (χ0n) is 27.4. The first-order valence-corrected chi connectivity index (χ1v) is 16.4. The Bertz CT molecular complexity index is 2270. The fourth-order valence-corrected chi connectivity index (χ4v) is 5.43. The number of nitrogens with zero attached hydrogens (tertiary/aromatic N) is 1. The summed E-state index contributed by atoms with van der Waals surface area (Å²) in [6.45, 7) is 2.88. The van der Waals surface area contributed by atoms with Gasteiger partial charge in [0.25, 0.3) is 0 Å². The molecule has 2 aromatic heterocycles. The third-order valence-corrected chi connectivity index (χ3v) is 7.99. The molecule has 0 radical (unpaired) electrons. The second kappa shape index (κ2) is 15.7. The van der Waals surface area contributed by atoms with E-state index in [1.165, 1.54) is 30.3 Å². The van der Waals surface area contributed by atoms with Crippen LogP contribution in [0.25, 0.3) is 44.6 Å². The molecule has 0 fully saturated rings. The third kappa shape index (κ3) is 8.44. The zero-order valence-corrected chi connectivity index (χ0v) is 27.4. The van der Waals surface area contributed by atoms with Gasteiger partial charge in [0.1, 0.15) is 53.2 Å². The molecule has 0 spiro atoms. The van der Waals surface area contributed by atoms with Crippen molar-refractivity contribution in [3.8, 4) is 34.1 Å². The van der Waals surface area contributed by atoms with Gasteiger partial charge in [-0.15, -0.1) is 5.53 Å². The Morgan fingerprint density at radius 2 is 1.31 bits per heavy atom. The fourth-order valence-electron chi connectivity index (χ4n) is 5.43. The van der Waals surface area contributed by atoms with E-state index in [-0.39, 0.29) is 16.2 Å². The molecule has 0 bridgehead atoms. The molecule has 4 aromatic carbocycles. The minimum atomic E-state index is -0.485. The lowest BCUT2D eigenvalue weighted by molar-refractivity contribution is 0.0797. The Kier molecular flexibility index (Phi) is 10.3. The predicted octanol–water partition coefficient (Wildman–Crippen LogP) is 6.03. The summed E-state index contributed by atoms with van der Waals surface area (Å²) in [6.07, 6.45) is 1.91. The van der Waals surface area contributed by atoms with E-state index in [0.717, 1.165) is 11.3 Å². The normalized spacial score (nSPS) is 12.6. The summed E-state index contributed by atoms with van der Waals surface area (Å²) in [5.74, 6) is 1.65. The maximum Gasteiger partial charge on any atom is 0.193 e. The van der Waals surface area contributed by atoms with Crippen LogP contribution in [-0.4, -0.2) is 51.2 Å². The third-order valence-electron chi connectivity index (χ3n) is 7.99. The molecule has 0 aliphatic carbocycles. The smallest absolute Gasteiger partial charge is 0.193 e. The van der Waals surface area contributed by atoms with E-state index in [1.54, 1.807) is 42.5 Å². The van der Waals surface area contributed by atoms with Gasteiger partial charge < -0.3 is 33.2 Å². The second-order valence-corrected chi connectivity index (χ2v) is 11.6. The minimum Gasteiger partial charge on any atom is -0.491 e. The van der Waals surface area contributed by atoms with Crippen molar-refractivity contribution in [1.29, 1.82) is 0 Å². The van der Waals surface area contributed by atoms with Crippen LogP contribution >= 0.6 is 0 Å². The summed E-state index contributed by atoms with van der Waals surface area (Å²) < 4.78 is 48.4. The highest BCUT2D eigenvalue weighted by Crippen LogP contribution is 2.26. The molecule has 2 N–H and O–H groups in total. The Morgan fingerprint density at radius 3 is 2.12 bits per heavy atom. The Balaban J connectivity index is 0.780. The molecule has 0 saturated carbocycles. The first-order chi connectivity index (χ1) is 25.0. The molecule has 11 nitrogen and oxygen atoms in total. The molecule has 6 aromatic rings. The molecular formula is C39H34FN3O8. The van der Waals surface area contributed by atoms with Crippen molar-refractivity contribution in [2.45, 2.75) is 0 Å². The second-order valence-electron chi connectivity index (χ2n) is 11.6. The van der Waals surface area contributed by atoms with Crippen molar-refractivity contribution < 1.29 is 32.2 Å². The molecular weight excluding hydrogens is 657 g/mol. The van der Waals surface area contributed by atoms with Gasteiger partial charge in [-0.25, -0.2) is 4.39 Å². The van der Waals surface area contributed by atoms with Crippen LogP contribution in [0.2, 0.25) is 0 Å². The van der Waals surface area contributed by atoms with Gasteiger partial charge in [0.2, 0.25) is 0 Å². The summed E-state index contributed by atoms with van der Waals surface area (Å²) in [5, 5.41) is 2.56. The van der Waals surface area contributed by atoms with E-state index in [9.17, 15) is 14.0 Å². The van der Waals surface area contributed by atoms with Gasteiger partial charge in [-0.3, -0.25) is 14.6 Å². The van der Waals surface area contributed by atoms with Crippen molar-refractivity contribution in [1.82, 2.24) is 16.0 Å². The summed E-state index contributed by atoms with van der Waals surface area (Å²) in [4.78, 5) is 25.0. The fraction of sp³-hybridized carbons (Fsp3) is 0.179. The van der Waals surface area contributed by atoms with Crippen LogP contribution in [0.3, 0.4) is 0 Å². The first kappa shape index (κ1) is 33.5. The average molecular weight is 692 g/mol. The van der Waals surface area contributed by atoms with Crippen LogP contribution in [0.1, 0.15) is 0 Å². The number of halogens is 1. The Morgan fingerprint density at radius 1 is 0.627 bits per heavy atom. The number of nitrogens with one attached hydrogen (secondary N) is 2. The molecule has 0 saturated heterocycles. The average Bonchev–Trinajstić information content (AvgIpc) is 3.61. The highest BCUT2D eigenvalue weighted by Gasteiger charge is 2.12. The molecule has 0 atom stereocenters. The Hall–Kier alpha value is -5.95. The topological polar surface area (TPSA) is 125 Å². The number of fused-ring (bicyclic) bond motifs is 2. The van der Waals surface area contributed by atoms with Crippen molar-refractivity contribution in [3.63, 3.8) is 0 Å². The Labute approximate surface area is 291 Å². The van der Waals surface area contributed by atoms with Gasteiger partial charge in [0.05, 0.1) is 49.4 Å². The molecule has 0 unspecified atom stereocenters. The van der Waals surface area contributed by atoms with E-state index >= 15 is 0 Å². The maximum absolute atomic E-state index is 13.5. The van der Waals surface area contributed by atoms with E-state index in [0.29, 0.717) is 91.3 Å². The van der Waals surface area contributed by atoms with Crippen LogP contribution in [0, 0.1) is 5.82 Å². The summed E-state index contributed by atoms with van der Waals surface area (Å²) in [5.41, 5.74) is 8.90. The van der Waals surface area contributed by atoms with E-state index in [2.05, 4.69) is 11.0 Å². The quantitative estimate of drug-likeness (QED) is 0.123. The van der Waals surface area contributed by atoms with Gasteiger partial charge in [0.15, 0.2) is 10.9 Å². The minimum absolute atomic E-state index is 0.108. The first-order valence-electron chi connectivity index (χ1n) is 16.4. The largest absolute Gasteiger partial charge is 0.491 e. The number of benzene rings is 4. The molecule has 51 heavy (non-hydrogen) atoms. The van der Waals surface area contributed by atoms with Gasteiger partial charge in [-0.05, 0) is 54.6 Å². The molecule has 7 rings (SSSR count). The van der Waals surface area contributed by atoms with E-state index in [4.69, 9.17) is 27.8 Å². The van der Waals surface area contributed by atoms with E-state index < -0.39 is 5.82 Å². The number of hydrogen-bond acceptors (Lipinski definition) is 11. The van der Waals surface area contributed by atoms with E-state index in [1.807, 2.05) is 41.5 Å². The number of hydrazine groups is 2. The van der Waals surface area contributed by atoms with Gasteiger partial charge in [-0.1, -0.05) is 30.3 Å². The molecule has 1 aliphatic rings. The number of hydrogen-bond donors (Lipinski definition) is 2. The SMILES string of the molecule is O=c1cc(-c2ccccc2)oc2cc(OCCOCC3=CN(CCOCCOc4ccc(-c5cc(=O)c6cc(F)ccc6o5)cc4)NN3)ccc12. The standard InChI is InChI=1S/C39H34FN3O8/c40-28-8-13-36-33(20-28)35(45)23-38(50-36)27-6-9-30(10-7-27)48-18-16-46-15-14-43-24-29(41-42-43)25-47-17-19-49-31-11-12-32-34(44)22-37(51-39(32)21-31)26-4-2-1-3-5-26/h1-13,20-24,41-42H,14-19,25H2. The maximum atomic E-state index is 13.5. The van der Waals surface area contributed by atoms with Crippen LogP contribution in [-0.2, 0) is 9.47 Å². The molecule has 12 heteroatoms. The summed E-state index contributed by atoms with van der Waals surface area (Å²) in [6, 6.07) is 28.6. The van der Waals surface area contributed by atoms with Crippen LogP contribution in [0.15, 0.2) is 133 Å². The lowest BCUT2D eigenvalue weighted by Gasteiger charge is -2.15. The zero-order chi connectivity index (χ0) is 35.0. The molecule has 0 amide bonds. The van der Waals surface area contributed by atoms with Crippen LogP contribution < -0.4 is 31.3 Å². The van der Waals surface area contributed by atoms with Gasteiger partial charge >= 0.3 is 0 Å². The van der Waals surface area contributed by atoms with Crippen molar-refractivity contribution in [2.75, 3.05) is 46.2 Å². The van der Waals surface area contributed by atoms with Crippen LogP contribution in [0.5, 0.6) is 11.5 Å². The van der Waals surface area contributed by atoms with Crippen molar-refractivity contribution >= 4 is 21.9 Å². The van der Waals surface area contributed by atoms with Crippen LogP contribution in [0.4, 0.5) is 4.39 Å².